The minimum Gasteiger partial charge on any atom is -0.493 e. The van der Waals surface area contributed by atoms with Crippen molar-refractivity contribution in [1.82, 2.24) is 20.4 Å². The molecule has 32 heavy (non-hydrogen) atoms. The maximum absolute atomic E-state index is 12.7. The van der Waals surface area contributed by atoms with Crippen molar-refractivity contribution in [1.29, 1.82) is 0 Å². The van der Waals surface area contributed by atoms with E-state index in [-0.39, 0.29) is 11.1 Å². The molecule has 0 aliphatic carbocycles. The molecule has 2 heterocycles. The number of nitrogens with one attached hydrogen (secondary N) is 4. The largest absolute Gasteiger partial charge is 0.493 e. The van der Waals surface area contributed by atoms with Gasteiger partial charge in [-0.25, -0.2) is 0 Å². The van der Waals surface area contributed by atoms with Gasteiger partial charge in [-0.1, -0.05) is 30.3 Å². The fourth-order valence-electron chi connectivity index (χ4n) is 3.86. The topological polar surface area (TPSA) is 116 Å². The van der Waals surface area contributed by atoms with Crippen LogP contribution in [-0.4, -0.2) is 27.5 Å². The third-order valence-electron chi connectivity index (χ3n) is 5.41. The van der Waals surface area contributed by atoms with Crippen LogP contribution in [0.2, 0.25) is 0 Å². The Morgan fingerprint density at radius 1 is 0.906 bits per heavy atom. The first-order valence-corrected chi connectivity index (χ1v) is 11.1. The van der Waals surface area contributed by atoms with Gasteiger partial charge in [0, 0.05) is 17.3 Å². The van der Waals surface area contributed by atoms with Gasteiger partial charge in [-0.05, 0) is 59.7 Å². The van der Waals surface area contributed by atoms with Gasteiger partial charge >= 0.3 is 0 Å². The molecule has 0 saturated heterocycles. The van der Waals surface area contributed by atoms with E-state index in [9.17, 15) is 9.59 Å². The minimum absolute atomic E-state index is 0.272. The second-order valence-corrected chi connectivity index (χ2v) is 8.64. The molecule has 0 unspecified atom stereocenters. The monoisotopic (exact) mass is 546 g/mol. The summed E-state index contributed by atoms with van der Waals surface area (Å²) >= 11 is 2.19. The van der Waals surface area contributed by atoms with Gasteiger partial charge in [0.25, 0.3) is 11.1 Å². The molecule has 4 rings (SSSR count). The van der Waals surface area contributed by atoms with Gasteiger partial charge in [-0.2, -0.15) is 0 Å². The van der Waals surface area contributed by atoms with E-state index in [0.717, 1.165) is 14.7 Å². The van der Waals surface area contributed by atoms with Crippen molar-refractivity contribution >= 4 is 22.6 Å². The molecule has 4 aromatic rings. The molecule has 166 valence electrons. The molecule has 0 saturated carbocycles. The van der Waals surface area contributed by atoms with E-state index in [1.165, 1.54) is 0 Å². The number of benzene rings is 2. The molecule has 4 N–H and O–H groups in total. The van der Waals surface area contributed by atoms with Crippen molar-refractivity contribution in [3.8, 4) is 11.5 Å². The predicted octanol–water partition coefficient (Wildman–Crippen LogP) is 3.71. The highest BCUT2D eigenvalue weighted by Crippen LogP contribution is 2.40. The van der Waals surface area contributed by atoms with Gasteiger partial charge in [0.1, 0.15) is 6.61 Å². The Bertz CT molecular complexity index is 1300. The van der Waals surface area contributed by atoms with Crippen molar-refractivity contribution in [2.24, 2.45) is 0 Å². The second kappa shape index (κ2) is 9.11. The van der Waals surface area contributed by atoms with Gasteiger partial charge in [0.15, 0.2) is 11.5 Å². The SMILES string of the molecule is COc1cc(C(c2c(C)[nH][nH]c2=O)c2c(C)[nH][nH]c2=O)cc(I)c1OCc1ccccc1. The first-order chi connectivity index (χ1) is 15.4. The summed E-state index contributed by atoms with van der Waals surface area (Å²) in [5, 5.41) is 11.0. The Morgan fingerprint density at radius 3 is 2.00 bits per heavy atom. The van der Waals surface area contributed by atoms with Gasteiger partial charge in [0.05, 0.1) is 21.8 Å². The molecule has 0 amide bonds. The average molecular weight is 546 g/mol. The maximum Gasteiger partial charge on any atom is 0.268 e. The van der Waals surface area contributed by atoms with Crippen molar-refractivity contribution < 1.29 is 9.47 Å². The lowest BCUT2D eigenvalue weighted by molar-refractivity contribution is 0.282. The molecular weight excluding hydrogens is 523 g/mol. The number of aryl methyl sites for hydroxylation is 2. The highest BCUT2D eigenvalue weighted by atomic mass is 127. The van der Waals surface area contributed by atoms with Crippen LogP contribution in [0.4, 0.5) is 0 Å². The lowest BCUT2D eigenvalue weighted by atomic mass is 9.85. The first kappa shape index (κ1) is 22.0. The summed E-state index contributed by atoms with van der Waals surface area (Å²) in [6.07, 6.45) is 0. The third-order valence-corrected chi connectivity index (χ3v) is 6.21. The van der Waals surface area contributed by atoms with Crippen LogP contribution in [0.15, 0.2) is 52.1 Å². The summed E-state index contributed by atoms with van der Waals surface area (Å²) in [6, 6.07) is 13.6. The summed E-state index contributed by atoms with van der Waals surface area (Å²) in [5.41, 5.74) is 3.53. The molecule has 0 fully saturated rings. The number of H-pyrrole nitrogens is 4. The molecule has 0 radical (unpaired) electrons. The summed E-state index contributed by atoms with van der Waals surface area (Å²) in [7, 11) is 1.57. The standard InChI is InChI=1S/C23H23IN4O4/c1-12-18(22(29)27-25-12)20(19-13(2)26-28-23(19)30)15-9-16(24)21(17(10-15)31-3)32-11-14-7-5-4-6-8-14/h4-10,20H,11H2,1-3H3,(H2,25,27,29)(H2,26,28,30). The Labute approximate surface area is 197 Å². The van der Waals surface area contributed by atoms with Crippen LogP contribution in [0.5, 0.6) is 11.5 Å². The fourth-order valence-corrected chi connectivity index (χ4v) is 4.64. The van der Waals surface area contributed by atoms with E-state index in [1.54, 1.807) is 21.0 Å². The lowest BCUT2D eigenvalue weighted by Gasteiger charge is -2.20. The zero-order chi connectivity index (χ0) is 22.8. The van der Waals surface area contributed by atoms with E-state index in [0.29, 0.717) is 40.6 Å². The molecule has 2 aromatic carbocycles. The maximum atomic E-state index is 12.7. The van der Waals surface area contributed by atoms with E-state index >= 15 is 0 Å². The highest BCUT2D eigenvalue weighted by molar-refractivity contribution is 14.1. The molecule has 2 aromatic heterocycles. The van der Waals surface area contributed by atoms with Crippen LogP contribution in [0.3, 0.4) is 0 Å². The number of aromatic nitrogens is 4. The summed E-state index contributed by atoms with van der Waals surface area (Å²) in [5.74, 6) is 0.548. The molecule has 9 heteroatoms. The van der Waals surface area contributed by atoms with Crippen LogP contribution in [-0.2, 0) is 6.61 Å². The Kier molecular flexibility index (Phi) is 6.26. The predicted molar refractivity (Wildman–Crippen MR) is 130 cm³/mol. The Morgan fingerprint density at radius 2 is 1.50 bits per heavy atom. The van der Waals surface area contributed by atoms with Crippen LogP contribution in [0, 0.1) is 17.4 Å². The number of rotatable bonds is 7. The Balaban J connectivity index is 1.83. The normalized spacial score (nSPS) is 11.2. The van der Waals surface area contributed by atoms with Crippen LogP contribution >= 0.6 is 22.6 Å². The zero-order valence-electron chi connectivity index (χ0n) is 17.8. The van der Waals surface area contributed by atoms with Crippen molar-refractivity contribution in [2.45, 2.75) is 26.4 Å². The molecular formula is C23H23IN4O4. The molecule has 0 aliphatic rings. The average Bonchev–Trinajstić information content (AvgIpc) is 3.29. The third kappa shape index (κ3) is 4.12. The molecule has 0 atom stereocenters. The number of hydrogen-bond donors (Lipinski definition) is 4. The Hall–Kier alpha value is -3.21. The van der Waals surface area contributed by atoms with Crippen LogP contribution < -0.4 is 20.6 Å². The molecule has 0 aliphatic heterocycles. The highest BCUT2D eigenvalue weighted by Gasteiger charge is 2.29. The van der Waals surface area contributed by atoms with Crippen molar-refractivity contribution in [2.75, 3.05) is 7.11 Å². The number of methoxy groups -OCH3 is 1. The van der Waals surface area contributed by atoms with Gasteiger partial charge in [-0.3, -0.25) is 19.8 Å². The number of ether oxygens (including phenoxy) is 2. The van der Waals surface area contributed by atoms with E-state index in [1.807, 2.05) is 42.5 Å². The van der Waals surface area contributed by atoms with Gasteiger partial charge in [-0.15, -0.1) is 0 Å². The van der Waals surface area contributed by atoms with Crippen molar-refractivity contribution in [3.05, 3.63) is 100 Å². The zero-order valence-corrected chi connectivity index (χ0v) is 20.0. The fraction of sp³-hybridized carbons (Fsp3) is 0.217. The summed E-state index contributed by atoms with van der Waals surface area (Å²) in [6.45, 7) is 4.00. The smallest absolute Gasteiger partial charge is 0.268 e. The van der Waals surface area contributed by atoms with E-state index in [4.69, 9.17) is 9.47 Å². The minimum atomic E-state index is -0.592. The molecule has 0 spiro atoms. The summed E-state index contributed by atoms with van der Waals surface area (Å²) < 4.78 is 12.5. The molecule has 0 bridgehead atoms. The van der Waals surface area contributed by atoms with Gasteiger partial charge < -0.3 is 19.7 Å². The number of aromatic amines is 4. The number of hydrogen-bond acceptors (Lipinski definition) is 4. The van der Waals surface area contributed by atoms with Crippen LogP contribution in [0.1, 0.15) is 39.6 Å². The summed E-state index contributed by atoms with van der Waals surface area (Å²) in [4.78, 5) is 25.3. The van der Waals surface area contributed by atoms with Gasteiger partial charge in [0.2, 0.25) is 0 Å². The molecule has 8 nitrogen and oxygen atoms in total. The number of halogens is 1. The first-order valence-electron chi connectivity index (χ1n) is 9.99. The quantitative estimate of drug-likeness (QED) is 0.265. The van der Waals surface area contributed by atoms with Crippen molar-refractivity contribution in [3.63, 3.8) is 0 Å². The second-order valence-electron chi connectivity index (χ2n) is 7.48. The van der Waals surface area contributed by atoms with Crippen LogP contribution in [0.25, 0.3) is 0 Å². The van der Waals surface area contributed by atoms with E-state index < -0.39 is 5.92 Å². The van der Waals surface area contributed by atoms with E-state index in [2.05, 4.69) is 43.0 Å². The lowest BCUT2D eigenvalue weighted by Crippen LogP contribution is -2.20.